The van der Waals surface area contributed by atoms with Crippen LogP contribution in [-0.2, 0) is 9.53 Å². The number of nitrogens with one attached hydrogen (secondary N) is 2. The van der Waals surface area contributed by atoms with Gasteiger partial charge in [0.2, 0.25) is 5.91 Å². The van der Waals surface area contributed by atoms with Gasteiger partial charge in [0.05, 0.1) is 19.3 Å². The number of amides is 1. The molecular weight excluding hydrogens is 254 g/mol. The lowest BCUT2D eigenvalue weighted by molar-refractivity contribution is -0.130. The van der Waals surface area contributed by atoms with Crippen molar-refractivity contribution >= 4 is 5.91 Å². The van der Waals surface area contributed by atoms with Gasteiger partial charge in [-0.25, -0.2) is 0 Å². The second-order valence-electron chi connectivity index (χ2n) is 5.60. The molecule has 0 saturated carbocycles. The molecule has 0 spiro atoms. The lowest BCUT2D eigenvalue weighted by Crippen LogP contribution is -2.55. The minimum absolute atomic E-state index is 0.0158. The lowest BCUT2D eigenvalue weighted by atomic mass is 9.91. The molecule has 1 saturated heterocycles. The number of hydrogen-bond donors (Lipinski definition) is 2. The van der Waals surface area contributed by atoms with Crippen LogP contribution in [0.25, 0.3) is 0 Å². The summed E-state index contributed by atoms with van der Waals surface area (Å²) in [6.07, 6.45) is 2.07. The minimum atomic E-state index is -0.0158. The van der Waals surface area contributed by atoms with Crippen LogP contribution >= 0.6 is 0 Å². The third kappa shape index (κ3) is 5.04. The highest BCUT2D eigenvalue weighted by atomic mass is 16.5. The first-order chi connectivity index (χ1) is 9.63. The minimum Gasteiger partial charge on any atom is -0.379 e. The molecule has 1 amide bonds. The van der Waals surface area contributed by atoms with Gasteiger partial charge < -0.3 is 15.4 Å². The van der Waals surface area contributed by atoms with Crippen molar-refractivity contribution in [2.75, 3.05) is 39.9 Å². The largest absolute Gasteiger partial charge is 0.379 e. The molecule has 1 aliphatic heterocycles. The van der Waals surface area contributed by atoms with E-state index in [4.69, 9.17) is 4.74 Å². The molecule has 1 aliphatic rings. The summed E-state index contributed by atoms with van der Waals surface area (Å²) in [4.78, 5) is 14.9. The van der Waals surface area contributed by atoms with E-state index in [-0.39, 0.29) is 11.9 Å². The SMILES string of the molecule is CCC(CC)C(C(=O)NCC(C)NC)N1CCOCC1. The Balaban J connectivity index is 2.67. The molecule has 0 aromatic rings. The van der Waals surface area contributed by atoms with Crippen molar-refractivity contribution in [3.05, 3.63) is 0 Å². The van der Waals surface area contributed by atoms with E-state index >= 15 is 0 Å². The number of likely N-dealkylation sites (N-methyl/N-ethyl adjacent to an activating group) is 1. The standard InChI is InChI=1S/C15H31N3O2/c1-5-13(6-2)14(18-7-9-20-10-8-18)15(19)17-11-12(3)16-4/h12-14,16H,5-11H2,1-4H3,(H,17,19). The molecule has 2 atom stereocenters. The molecule has 1 fully saturated rings. The normalized spacial score (nSPS) is 19.9. The van der Waals surface area contributed by atoms with E-state index in [1.807, 2.05) is 7.05 Å². The van der Waals surface area contributed by atoms with Gasteiger partial charge in [-0.1, -0.05) is 26.7 Å². The van der Waals surface area contributed by atoms with Gasteiger partial charge in [-0.05, 0) is 19.9 Å². The average molecular weight is 285 g/mol. The molecule has 0 aromatic carbocycles. The molecule has 2 unspecified atom stereocenters. The molecule has 20 heavy (non-hydrogen) atoms. The highest BCUT2D eigenvalue weighted by Crippen LogP contribution is 2.20. The number of nitrogens with zero attached hydrogens (tertiary/aromatic N) is 1. The maximum Gasteiger partial charge on any atom is 0.237 e. The van der Waals surface area contributed by atoms with Crippen molar-refractivity contribution in [1.82, 2.24) is 15.5 Å². The Labute approximate surface area is 123 Å². The first-order valence-electron chi connectivity index (χ1n) is 7.90. The highest BCUT2D eigenvalue weighted by molar-refractivity contribution is 5.82. The molecule has 0 bridgehead atoms. The quantitative estimate of drug-likeness (QED) is 0.694. The van der Waals surface area contributed by atoms with Crippen molar-refractivity contribution in [2.24, 2.45) is 5.92 Å². The van der Waals surface area contributed by atoms with Crippen LogP contribution in [0.5, 0.6) is 0 Å². The summed E-state index contributed by atoms with van der Waals surface area (Å²) in [6.45, 7) is 10.3. The molecule has 0 aromatic heterocycles. The van der Waals surface area contributed by atoms with Crippen molar-refractivity contribution in [1.29, 1.82) is 0 Å². The second kappa shape index (κ2) is 9.32. The van der Waals surface area contributed by atoms with E-state index < -0.39 is 0 Å². The fourth-order valence-corrected chi connectivity index (χ4v) is 2.73. The number of rotatable bonds is 8. The topological polar surface area (TPSA) is 53.6 Å². The van der Waals surface area contributed by atoms with E-state index in [2.05, 4.69) is 36.3 Å². The second-order valence-corrected chi connectivity index (χ2v) is 5.60. The third-order valence-electron chi connectivity index (χ3n) is 4.28. The van der Waals surface area contributed by atoms with E-state index in [1.54, 1.807) is 0 Å². The van der Waals surface area contributed by atoms with Gasteiger partial charge in [0, 0.05) is 25.7 Å². The fraction of sp³-hybridized carbons (Fsp3) is 0.933. The monoisotopic (exact) mass is 285 g/mol. The van der Waals surface area contributed by atoms with Crippen LogP contribution in [0.2, 0.25) is 0 Å². The molecule has 1 heterocycles. The Kier molecular flexibility index (Phi) is 8.11. The Morgan fingerprint density at radius 2 is 1.85 bits per heavy atom. The lowest BCUT2D eigenvalue weighted by Gasteiger charge is -2.37. The Bertz CT molecular complexity index is 276. The van der Waals surface area contributed by atoms with Gasteiger partial charge in [0.1, 0.15) is 0 Å². The Morgan fingerprint density at radius 1 is 1.25 bits per heavy atom. The van der Waals surface area contributed by atoms with Gasteiger partial charge in [-0.15, -0.1) is 0 Å². The fourth-order valence-electron chi connectivity index (χ4n) is 2.73. The molecule has 118 valence electrons. The third-order valence-corrected chi connectivity index (χ3v) is 4.28. The van der Waals surface area contributed by atoms with Crippen LogP contribution in [0.4, 0.5) is 0 Å². The van der Waals surface area contributed by atoms with Gasteiger partial charge >= 0.3 is 0 Å². The van der Waals surface area contributed by atoms with Crippen LogP contribution in [0.1, 0.15) is 33.6 Å². The highest BCUT2D eigenvalue weighted by Gasteiger charge is 2.32. The van der Waals surface area contributed by atoms with Crippen LogP contribution in [-0.4, -0.2) is 62.8 Å². The summed E-state index contributed by atoms with van der Waals surface area (Å²) in [7, 11) is 1.91. The van der Waals surface area contributed by atoms with Gasteiger partial charge in [0.25, 0.3) is 0 Å². The molecular formula is C15H31N3O2. The number of hydrogen-bond acceptors (Lipinski definition) is 4. The maximum absolute atomic E-state index is 12.6. The van der Waals surface area contributed by atoms with E-state index in [9.17, 15) is 4.79 Å². The first kappa shape index (κ1) is 17.4. The Hall–Kier alpha value is -0.650. The van der Waals surface area contributed by atoms with Crippen molar-refractivity contribution in [2.45, 2.75) is 45.7 Å². The number of carbonyl (C=O) groups excluding carboxylic acids is 1. The number of morpholine rings is 1. The first-order valence-corrected chi connectivity index (χ1v) is 7.90. The van der Waals surface area contributed by atoms with Crippen molar-refractivity contribution in [3.63, 3.8) is 0 Å². The smallest absolute Gasteiger partial charge is 0.237 e. The van der Waals surface area contributed by atoms with Crippen LogP contribution in [0.15, 0.2) is 0 Å². The zero-order chi connectivity index (χ0) is 15.0. The predicted molar refractivity (Wildman–Crippen MR) is 81.8 cm³/mol. The van der Waals surface area contributed by atoms with Gasteiger partial charge in [0.15, 0.2) is 0 Å². The zero-order valence-electron chi connectivity index (χ0n) is 13.4. The number of carbonyl (C=O) groups is 1. The van der Waals surface area contributed by atoms with Gasteiger partial charge in [-0.2, -0.15) is 0 Å². The summed E-state index contributed by atoms with van der Waals surface area (Å²) in [5, 5.41) is 6.24. The summed E-state index contributed by atoms with van der Waals surface area (Å²) in [5.74, 6) is 0.584. The Morgan fingerprint density at radius 3 is 2.35 bits per heavy atom. The van der Waals surface area contributed by atoms with E-state index in [1.165, 1.54) is 0 Å². The predicted octanol–water partition coefficient (Wildman–Crippen LogP) is 0.848. The van der Waals surface area contributed by atoms with Crippen molar-refractivity contribution < 1.29 is 9.53 Å². The van der Waals surface area contributed by atoms with Crippen molar-refractivity contribution in [3.8, 4) is 0 Å². The van der Waals surface area contributed by atoms with Gasteiger partial charge in [-0.3, -0.25) is 9.69 Å². The molecule has 5 nitrogen and oxygen atoms in total. The number of ether oxygens (including phenoxy) is 1. The average Bonchev–Trinajstić information content (AvgIpc) is 2.50. The summed E-state index contributed by atoms with van der Waals surface area (Å²) in [5.41, 5.74) is 0. The summed E-state index contributed by atoms with van der Waals surface area (Å²) < 4.78 is 5.41. The molecule has 5 heteroatoms. The molecule has 0 aliphatic carbocycles. The summed E-state index contributed by atoms with van der Waals surface area (Å²) in [6, 6.07) is 0.281. The van der Waals surface area contributed by atoms with Crippen LogP contribution in [0, 0.1) is 5.92 Å². The zero-order valence-corrected chi connectivity index (χ0v) is 13.4. The van der Waals surface area contributed by atoms with Crippen LogP contribution < -0.4 is 10.6 Å². The van der Waals surface area contributed by atoms with E-state index in [0.717, 1.165) is 39.1 Å². The van der Waals surface area contributed by atoms with Crippen LogP contribution in [0.3, 0.4) is 0 Å². The maximum atomic E-state index is 12.6. The molecule has 1 rings (SSSR count). The molecule has 0 radical (unpaired) electrons. The summed E-state index contributed by atoms with van der Waals surface area (Å²) >= 11 is 0. The molecule has 2 N–H and O–H groups in total. The van der Waals surface area contributed by atoms with E-state index in [0.29, 0.717) is 18.5 Å².